The molecule has 0 unspecified atom stereocenters. The zero-order valence-electron chi connectivity index (χ0n) is 11.9. The molecule has 6 nitrogen and oxygen atoms in total. The number of unbranched alkanes of at least 4 members (excludes halogenated alkanes) is 2. The number of aliphatic hydroxyl groups excluding tert-OH is 1. The summed E-state index contributed by atoms with van der Waals surface area (Å²) in [5.41, 5.74) is -0.271. The summed E-state index contributed by atoms with van der Waals surface area (Å²) in [7, 11) is 0. The number of aromatic nitrogens is 2. The van der Waals surface area contributed by atoms with Crippen LogP contribution in [0.4, 0.5) is 0 Å². The molecular formula is C15H20N2O4. The number of ether oxygens (including phenoxy) is 1. The van der Waals surface area contributed by atoms with E-state index < -0.39 is 11.9 Å². The number of hydrogen-bond acceptors (Lipinski definition) is 4. The van der Waals surface area contributed by atoms with Crippen LogP contribution in [-0.2, 0) is 11.2 Å². The zero-order chi connectivity index (χ0) is 15.2. The molecule has 1 aromatic rings. The highest BCUT2D eigenvalue weighted by Gasteiger charge is 2.27. The molecule has 0 aliphatic carbocycles. The fourth-order valence-electron chi connectivity index (χ4n) is 2.49. The van der Waals surface area contributed by atoms with Crippen LogP contribution in [0, 0.1) is 12.3 Å². The summed E-state index contributed by atoms with van der Waals surface area (Å²) in [6.07, 6.45) is 10.4. The summed E-state index contributed by atoms with van der Waals surface area (Å²) in [5, 5.41) is 9.08. The Morgan fingerprint density at radius 2 is 2.24 bits per heavy atom. The van der Waals surface area contributed by atoms with Crippen molar-refractivity contribution in [2.45, 2.75) is 50.9 Å². The van der Waals surface area contributed by atoms with Gasteiger partial charge in [-0.3, -0.25) is 14.3 Å². The monoisotopic (exact) mass is 292 g/mol. The average molecular weight is 292 g/mol. The summed E-state index contributed by atoms with van der Waals surface area (Å²) < 4.78 is 6.99. The Morgan fingerprint density at radius 1 is 1.43 bits per heavy atom. The maximum Gasteiger partial charge on any atom is 0.330 e. The number of H-pyrrole nitrogens is 1. The molecule has 114 valence electrons. The minimum atomic E-state index is -0.476. The lowest BCUT2D eigenvalue weighted by atomic mass is 10.1. The van der Waals surface area contributed by atoms with Gasteiger partial charge in [0.15, 0.2) is 0 Å². The van der Waals surface area contributed by atoms with Crippen LogP contribution in [0.2, 0.25) is 0 Å². The standard InChI is InChI=1S/C15H20N2O4/c1-2-3-4-5-6-11-9-17(15(20)16-14(11)19)13-8-7-12(10-18)21-13/h1,9,12-13,18H,3-8,10H2,(H,16,19,20)/t12-,13+/m0/s1. The summed E-state index contributed by atoms with van der Waals surface area (Å²) >= 11 is 0. The Kier molecular flexibility index (Phi) is 5.37. The van der Waals surface area contributed by atoms with Crippen LogP contribution in [0.1, 0.15) is 43.9 Å². The van der Waals surface area contributed by atoms with E-state index in [4.69, 9.17) is 16.3 Å². The highest BCUT2D eigenvalue weighted by atomic mass is 16.5. The lowest BCUT2D eigenvalue weighted by molar-refractivity contribution is -0.0247. The van der Waals surface area contributed by atoms with Crippen molar-refractivity contribution >= 4 is 0 Å². The van der Waals surface area contributed by atoms with E-state index in [2.05, 4.69) is 10.9 Å². The minimum absolute atomic E-state index is 0.0620. The van der Waals surface area contributed by atoms with Gasteiger partial charge in [0.05, 0.1) is 12.7 Å². The van der Waals surface area contributed by atoms with Crippen molar-refractivity contribution in [3.8, 4) is 12.3 Å². The molecule has 0 saturated carbocycles. The highest BCUT2D eigenvalue weighted by Crippen LogP contribution is 2.26. The second kappa shape index (κ2) is 7.25. The van der Waals surface area contributed by atoms with Gasteiger partial charge in [-0.1, -0.05) is 0 Å². The first-order chi connectivity index (χ1) is 10.2. The molecule has 1 aliphatic heterocycles. The lowest BCUT2D eigenvalue weighted by Gasteiger charge is -2.15. The summed E-state index contributed by atoms with van der Waals surface area (Å²) in [6.45, 7) is -0.0620. The average Bonchev–Trinajstić information content (AvgIpc) is 2.94. The van der Waals surface area contributed by atoms with Crippen LogP contribution in [0.5, 0.6) is 0 Å². The third-order valence-electron chi connectivity index (χ3n) is 3.66. The third-order valence-corrected chi connectivity index (χ3v) is 3.66. The Hall–Kier alpha value is -1.84. The fraction of sp³-hybridized carbons (Fsp3) is 0.600. The minimum Gasteiger partial charge on any atom is -0.394 e. The second-order valence-corrected chi connectivity index (χ2v) is 5.20. The molecule has 1 fully saturated rings. The highest BCUT2D eigenvalue weighted by molar-refractivity contribution is 5.05. The van der Waals surface area contributed by atoms with Crippen LogP contribution in [0.25, 0.3) is 0 Å². The maximum atomic E-state index is 11.9. The van der Waals surface area contributed by atoms with Gasteiger partial charge in [0.2, 0.25) is 0 Å². The molecule has 2 N–H and O–H groups in total. The van der Waals surface area contributed by atoms with E-state index in [9.17, 15) is 9.59 Å². The van der Waals surface area contributed by atoms with E-state index in [1.807, 2.05) is 0 Å². The quantitative estimate of drug-likeness (QED) is 0.592. The fourth-order valence-corrected chi connectivity index (χ4v) is 2.49. The van der Waals surface area contributed by atoms with E-state index >= 15 is 0 Å². The third kappa shape index (κ3) is 3.84. The molecule has 1 saturated heterocycles. The summed E-state index contributed by atoms with van der Waals surface area (Å²) in [5.74, 6) is 2.56. The van der Waals surface area contributed by atoms with Gasteiger partial charge >= 0.3 is 5.69 Å². The molecule has 6 heteroatoms. The van der Waals surface area contributed by atoms with Crippen molar-refractivity contribution in [3.63, 3.8) is 0 Å². The molecule has 2 heterocycles. The van der Waals surface area contributed by atoms with Gasteiger partial charge in [-0.2, -0.15) is 0 Å². The van der Waals surface area contributed by atoms with E-state index in [-0.39, 0.29) is 18.3 Å². The van der Waals surface area contributed by atoms with Gasteiger partial charge in [-0.25, -0.2) is 4.79 Å². The molecule has 0 amide bonds. The van der Waals surface area contributed by atoms with Gasteiger partial charge in [0.1, 0.15) is 6.23 Å². The van der Waals surface area contributed by atoms with Gasteiger partial charge < -0.3 is 9.84 Å². The van der Waals surface area contributed by atoms with Crippen LogP contribution < -0.4 is 11.2 Å². The molecule has 1 aromatic heterocycles. The first kappa shape index (κ1) is 15.5. The maximum absolute atomic E-state index is 11.9. The van der Waals surface area contributed by atoms with E-state index in [1.165, 1.54) is 4.57 Å². The van der Waals surface area contributed by atoms with Crippen LogP contribution >= 0.6 is 0 Å². The van der Waals surface area contributed by atoms with E-state index in [0.717, 1.165) is 12.8 Å². The number of aromatic amines is 1. The van der Waals surface area contributed by atoms with Gasteiger partial charge in [-0.15, -0.1) is 12.3 Å². The number of hydrogen-bond donors (Lipinski definition) is 2. The molecule has 0 radical (unpaired) electrons. The molecule has 1 aliphatic rings. The molecule has 2 rings (SSSR count). The number of terminal acetylenes is 1. The topological polar surface area (TPSA) is 84.3 Å². The van der Waals surface area contributed by atoms with Crippen LogP contribution in [-0.4, -0.2) is 27.4 Å². The van der Waals surface area contributed by atoms with E-state index in [1.54, 1.807) is 6.20 Å². The summed E-state index contributed by atoms with van der Waals surface area (Å²) in [4.78, 5) is 26.0. The Morgan fingerprint density at radius 3 is 2.90 bits per heavy atom. The number of nitrogens with one attached hydrogen (secondary N) is 1. The molecular weight excluding hydrogens is 272 g/mol. The predicted molar refractivity (Wildman–Crippen MR) is 77.9 cm³/mol. The second-order valence-electron chi connectivity index (χ2n) is 5.20. The smallest absolute Gasteiger partial charge is 0.330 e. The van der Waals surface area contributed by atoms with Crippen molar-refractivity contribution in [3.05, 3.63) is 32.6 Å². The van der Waals surface area contributed by atoms with Crippen molar-refractivity contribution in [1.82, 2.24) is 9.55 Å². The Labute approximate surface area is 122 Å². The molecule has 21 heavy (non-hydrogen) atoms. The molecule has 2 atom stereocenters. The van der Waals surface area contributed by atoms with Gasteiger partial charge in [-0.05, 0) is 32.1 Å². The van der Waals surface area contributed by atoms with Crippen molar-refractivity contribution in [2.24, 2.45) is 0 Å². The molecule has 0 bridgehead atoms. The van der Waals surface area contributed by atoms with Crippen LogP contribution in [0.3, 0.4) is 0 Å². The van der Waals surface area contributed by atoms with Crippen molar-refractivity contribution < 1.29 is 9.84 Å². The van der Waals surface area contributed by atoms with Crippen molar-refractivity contribution in [2.75, 3.05) is 6.61 Å². The van der Waals surface area contributed by atoms with Crippen LogP contribution in [0.15, 0.2) is 15.8 Å². The summed E-state index contributed by atoms with van der Waals surface area (Å²) in [6, 6.07) is 0. The number of aryl methyl sites for hydroxylation is 1. The number of nitrogens with zero attached hydrogens (tertiary/aromatic N) is 1. The number of aliphatic hydroxyl groups is 1. The lowest BCUT2D eigenvalue weighted by Crippen LogP contribution is -2.34. The SMILES string of the molecule is C#CCCCCc1cn([C@H]2CC[C@@H](CO)O2)c(=O)[nH]c1=O. The molecule has 0 aromatic carbocycles. The zero-order valence-corrected chi connectivity index (χ0v) is 11.9. The number of rotatable bonds is 6. The first-order valence-corrected chi connectivity index (χ1v) is 7.20. The van der Waals surface area contributed by atoms with Gasteiger partial charge in [0, 0.05) is 18.2 Å². The largest absolute Gasteiger partial charge is 0.394 e. The van der Waals surface area contributed by atoms with Gasteiger partial charge in [0.25, 0.3) is 5.56 Å². The Balaban J connectivity index is 2.13. The molecule has 0 spiro atoms. The van der Waals surface area contributed by atoms with E-state index in [0.29, 0.717) is 31.2 Å². The normalized spacial score (nSPS) is 21.3. The van der Waals surface area contributed by atoms with Crippen molar-refractivity contribution in [1.29, 1.82) is 0 Å². The first-order valence-electron chi connectivity index (χ1n) is 7.20. The Bertz CT molecular complexity index is 626. The predicted octanol–water partition coefficient (Wildman–Crippen LogP) is 0.552.